The number of ether oxygens (including phenoxy) is 1. The highest BCUT2D eigenvalue weighted by atomic mass is 19.1. The smallest absolute Gasteiger partial charge is 0.117 e. The number of nitrogens with one attached hydrogen (secondary N) is 1. The Morgan fingerprint density at radius 1 is 1.31 bits per heavy atom. The molecule has 1 rings (SSSR count). The molecule has 1 unspecified atom stereocenters. The lowest BCUT2D eigenvalue weighted by molar-refractivity contribution is 0.153. The second-order valence-corrected chi connectivity index (χ2v) is 8.24. The average molecular weight is 450 g/mol. The maximum absolute atomic E-state index is 15.5. The van der Waals surface area contributed by atoms with Crippen LogP contribution < -0.4 is 11.1 Å². The average Bonchev–Trinajstić information content (AvgIpc) is 2.75. The number of nitrogens with two attached hydrogens (primary N) is 1. The van der Waals surface area contributed by atoms with E-state index < -0.39 is 0 Å². The number of amidine groups is 1. The summed E-state index contributed by atoms with van der Waals surface area (Å²) >= 11 is 0. The normalized spacial score (nSPS) is 18.1. The van der Waals surface area contributed by atoms with Crippen molar-refractivity contribution in [3.05, 3.63) is 23.0 Å². The summed E-state index contributed by atoms with van der Waals surface area (Å²) in [6.07, 6.45) is 9.90. The van der Waals surface area contributed by atoms with E-state index in [2.05, 4.69) is 33.3 Å². The van der Waals surface area contributed by atoms with E-state index in [1.54, 1.807) is 7.05 Å². The zero-order chi connectivity index (χ0) is 23.8. The maximum Gasteiger partial charge on any atom is 0.117 e. The van der Waals surface area contributed by atoms with Crippen molar-refractivity contribution in [3.63, 3.8) is 0 Å². The third kappa shape index (κ3) is 10.2. The number of rotatable bonds is 16. The minimum absolute atomic E-state index is 0.0766. The highest BCUT2D eigenvalue weighted by Gasteiger charge is 2.25. The van der Waals surface area contributed by atoms with Crippen molar-refractivity contribution < 1.29 is 9.13 Å². The minimum atomic E-state index is -0.274. The summed E-state index contributed by atoms with van der Waals surface area (Å²) in [4.78, 5) is 12.6. The number of aliphatic imine (C=N–C) groups is 3. The molecule has 0 amide bonds. The van der Waals surface area contributed by atoms with E-state index >= 15 is 4.39 Å². The minimum Gasteiger partial charge on any atom is -0.386 e. The zero-order valence-corrected chi connectivity index (χ0v) is 20.8. The molecule has 1 saturated carbocycles. The molecule has 0 aromatic rings. The van der Waals surface area contributed by atoms with Gasteiger partial charge in [0.1, 0.15) is 11.7 Å². The van der Waals surface area contributed by atoms with Gasteiger partial charge in [-0.2, -0.15) is 0 Å². The van der Waals surface area contributed by atoms with Gasteiger partial charge in [0.25, 0.3) is 0 Å². The zero-order valence-electron chi connectivity index (χ0n) is 20.8. The summed E-state index contributed by atoms with van der Waals surface area (Å²) in [6.45, 7) is 10.2. The Morgan fingerprint density at radius 3 is 2.62 bits per heavy atom. The third-order valence-electron chi connectivity index (χ3n) is 5.99. The van der Waals surface area contributed by atoms with Crippen LogP contribution in [0.1, 0.15) is 66.2 Å². The second-order valence-electron chi connectivity index (χ2n) is 8.24. The number of allylic oxidation sites excluding steroid dienone is 3. The van der Waals surface area contributed by atoms with Crippen molar-refractivity contribution in [2.45, 2.75) is 66.2 Å². The van der Waals surface area contributed by atoms with E-state index in [1.165, 1.54) is 24.8 Å². The molecule has 1 fully saturated rings. The Hall–Kier alpha value is -1.86. The van der Waals surface area contributed by atoms with E-state index in [9.17, 15) is 0 Å². The topological polar surface area (TPSA) is 84.4 Å². The molecule has 0 aromatic carbocycles. The highest BCUT2D eigenvalue weighted by molar-refractivity contribution is 5.86. The summed E-state index contributed by atoms with van der Waals surface area (Å²) in [6, 6.07) is 0. The maximum atomic E-state index is 15.5. The van der Waals surface area contributed by atoms with E-state index in [0.717, 1.165) is 17.7 Å². The van der Waals surface area contributed by atoms with Crippen molar-refractivity contribution in [2.24, 2.45) is 32.5 Å². The highest BCUT2D eigenvalue weighted by Crippen LogP contribution is 2.37. The molecule has 0 spiro atoms. The summed E-state index contributed by atoms with van der Waals surface area (Å²) in [5.74, 6) is 0.746. The van der Waals surface area contributed by atoms with Gasteiger partial charge in [-0.15, -0.1) is 0 Å². The molecule has 0 aromatic heterocycles. The summed E-state index contributed by atoms with van der Waals surface area (Å²) in [5.41, 5.74) is 8.71. The van der Waals surface area contributed by atoms with Crippen LogP contribution in [0.5, 0.6) is 0 Å². The molecule has 7 heteroatoms. The van der Waals surface area contributed by atoms with E-state index in [4.69, 9.17) is 10.5 Å². The van der Waals surface area contributed by atoms with Gasteiger partial charge in [0.05, 0.1) is 26.4 Å². The molecule has 0 aliphatic heterocycles. The molecule has 6 nitrogen and oxygen atoms in total. The largest absolute Gasteiger partial charge is 0.386 e. The van der Waals surface area contributed by atoms with Crippen LogP contribution in [0.15, 0.2) is 38.0 Å². The SMILES string of the molecule is C/C=C(\C/C(COCCNC/N=C(/N)C/N=C\CC)=C(/F)C(CC)/C(C)=N/C)C1CCC1. The van der Waals surface area contributed by atoms with Gasteiger partial charge in [0.2, 0.25) is 0 Å². The standard InChI is InChI=1S/C25H44FN5O/c1-6-12-29-16-24(27)31-18-30-13-14-32-17-22(15-20(7-2)21-10-9-11-21)25(26)23(8-3)19(4)28-5/h7,12,21,23,30H,6,8-11,13-18H2,1-5H3,(H2,27,31)/b20-7+,25-22-,28-19+,29-12-. The van der Waals surface area contributed by atoms with Crippen molar-refractivity contribution in [1.82, 2.24) is 5.32 Å². The molecule has 0 heterocycles. The van der Waals surface area contributed by atoms with Gasteiger partial charge in [-0.05, 0) is 63.7 Å². The number of hydrogen-bond donors (Lipinski definition) is 2. The molecule has 1 aliphatic rings. The monoisotopic (exact) mass is 449 g/mol. The summed E-state index contributed by atoms with van der Waals surface area (Å²) < 4.78 is 21.4. The van der Waals surface area contributed by atoms with Crippen molar-refractivity contribution in [1.29, 1.82) is 0 Å². The second kappa shape index (κ2) is 16.7. The van der Waals surface area contributed by atoms with Gasteiger partial charge < -0.3 is 10.5 Å². The van der Waals surface area contributed by atoms with Gasteiger partial charge >= 0.3 is 0 Å². The van der Waals surface area contributed by atoms with Crippen LogP contribution in [-0.2, 0) is 4.74 Å². The fraction of sp³-hybridized carbons (Fsp3) is 0.720. The molecule has 0 radical (unpaired) electrons. The van der Waals surface area contributed by atoms with Gasteiger partial charge in [-0.3, -0.25) is 20.3 Å². The Bertz CT molecular complexity index is 692. The van der Waals surface area contributed by atoms with Crippen LogP contribution >= 0.6 is 0 Å². The van der Waals surface area contributed by atoms with Gasteiger partial charge in [0, 0.05) is 25.2 Å². The first-order valence-corrected chi connectivity index (χ1v) is 12.0. The van der Waals surface area contributed by atoms with Crippen LogP contribution in [0.3, 0.4) is 0 Å². The molecular formula is C25H44FN5O. The van der Waals surface area contributed by atoms with Crippen molar-refractivity contribution >= 4 is 17.8 Å². The Labute approximate surface area is 194 Å². The van der Waals surface area contributed by atoms with Crippen LogP contribution in [0.2, 0.25) is 0 Å². The first-order chi connectivity index (χ1) is 15.5. The van der Waals surface area contributed by atoms with Gasteiger partial charge in [-0.25, -0.2) is 4.39 Å². The Morgan fingerprint density at radius 2 is 2.06 bits per heavy atom. The quantitative estimate of drug-likeness (QED) is 0.153. The van der Waals surface area contributed by atoms with E-state index in [0.29, 0.717) is 57.6 Å². The summed E-state index contributed by atoms with van der Waals surface area (Å²) in [7, 11) is 1.73. The van der Waals surface area contributed by atoms with Gasteiger partial charge in [0.15, 0.2) is 0 Å². The first-order valence-electron chi connectivity index (χ1n) is 12.0. The molecule has 32 heavy (non-hydrogen) atoms. The molecular weight excluding hydrogens is 405 g/mol. The van der Waals surface area contributed by atoms with Gasteiger partial charge in [-0.1, -0.05) is 31.9 Å². The predicted molar refractivity (Wildman–Crippen MR) is 136 cm³/mol. The van der Waals surface area contributed by atoms with E-state index in [-0.39, 0.29) is 11.7 Å². The molecule has 0 bridgehead atoms. The molecule has 3 N–H and O–H groups in total. The lowest BCUT2D eigenvalue weighted by Gasteiger charge is -2.29. The van der Waals surface area contributed by atoms with Crippen LogP contribution in [-0.4, -0.2) is 57.8 Å². The van der Waals surface area contributed by atoms with Crippen LogP contribution in [0.4, 0.5) is 4.39 Å². The molecule has 1 aliphatic carbocycles. The third-order valence-corrected chi connectivity index (χ3v) is 5.99. The number of halogens is 1. The van der Waals surface area contributed by atoms with Crippen LogP contribution in [0.25, 0.3) is 0 Å². The fourth-order valence-corrected chi connectivity index (χ4v) is 3.69. The van der Waals surface area contributed by atoms with E-state index in [1.807, 2.05) is 27.0 Å². The lowest BCUT2D eigenvalue weighted by atomic mass is 9.77. The number of hydrogen-bond acceptors (Lipinski definition) is 5. The number of nitrogens with zero attached hydrogens (tertiary/aromatic N) is 3. The fourth-order valence-electron chi connectivity index (χ4n) is 3.69. The van der Waals surface area contributed by atoms with Crippen molar-refractivity contribution in [2.75, 3.05) is 40.0 Å². The first kappa shape index (κ1) is 28.2. The lowest BCUT2D eigenvalue weighted by Crippen LogP contribution is -2.24. The summed E-state index contributed by atoms with van der Waals surface area (Å²) in [5, 5.41) is 3.17. The molecule has 0 saturated heterocycles. The molecule has 182 valence electrons. The Balaban J connectivity index is 2.63. The molecule has 1 atom stereocenters. The Kier molecular flexibility index (Phi) is 14.7. The van der Waals surface area contributed by atoms with Crippen molar-refractivity contribution in [3.8, 4) is 0 Å². The van der Waals surface area contributed by atoms with Crippen LogP contribution in [0, 0.1) is 11.8 Å². The predicted octanol–water partition coefficient (Wildman–Crippen LogP) is 4.87.